The molecule has 0 aliphatic carbocycles. The van der Waals surface area contributed by atoms with Gasteiger partial charge in [0.1, 0.15) is 11.8 Å². The first-order valence-electron chi connectivity index (χ1n) is 6.77. The summed E-state index contributed by atoms with van der Waals surface area (Å²) < 4.78 is 5.39. The molecule has 0 spiro atoms. The molecule has 1 amide bonds. The van der Waals surface area contributed by atoms with Crippen molar-refractivity contribution in [3.8, 4) is 11.8 Å². The van der Waals surface area contributed by atoms with Crippen LogP contribution in [0.1, 0.15) is 24.1 Å². The van der Waals surface area contributed by atoms with Gasteiger partial charge in [-0.25, -0.2) is 0 Å². The second kappa shape index (κ2) is 7.48. The third-order valence-electron chi connectivity index (χ3n) is 3.11. The fraction of sp³-hybridized carbons (Fsp3) is 0.176. The van der Waals surface area contributed by atoms with Crippen LogP contribution in [0.2, 0.25) is 5.02 Å². The molecule has 1 N–H and O–H groups in total. The second-order valence-corrected chi connectivity index (χ2v) is 5.17. The molecular weight excluding hydrogens is 300 g/mol. The van der Waals surface area contributed by atoms with Gasteiger partial charge < -0.3 is 10.1 Å². The Morgan fingerprint density at radius 3 is 2.64 bits per heavy atom. The van der Waals surface area contributed by atoms with Crippen LogP contribution in [0.25, 0.3) is 0 Å². The topological polar surface area (TPSA) is 62.1 Å². The van der Waals surface area contributed by atoms with E-state index >= 15 is 0 Å². The largest absolute Gasteiger partial charge is 0.482 e. The Bertz CT molecular complexity index is 693. The molecule has 4 nitrogen and oxygen atoms in total. The van der Waals surface area contributed by atoms with Crippen molar-refractivity contribution in [3.63, 3.8) is 0 Å². The van der Waals surface area contributed by atoms with Crippen LogP contribution in [0.4, 0.5) is 0 Å². The van der Waals surface area contributed by atoms with Gasteiger partial charge in [-0.3, -0.25) is 4.79 Å². The lowest BCUT2D eigenvalue weighted by atomic mass is 10.1. The van der Waals surface area contributed by atoms with E-state index in [2.05, 4.69) is 5.32 Å². The number of benzene rings is 2. The normalized spacial score (nSPS) is 11.3. The van der Waals surface area contributed by atoms with Crippen LogP contribution in [-0.2, 0) is 4.79 Å². The van der Waals surface area contributed by atoms with Crippen molar-refractivity contribution in [1.82, 2.24) is 5.32 Å². The van der Waals surface area contributed by atoms with Crippen LogP contribution in [0.15, 0.2) is 48.5 Å². The van der Waals surface area contributed by atoms with E-state index in [4.69, 9.17) is 21.6 Å². The smallest absolute Gasteiger partial charge is 0.258 e. The maximum Gasteiger partial charge on any atom is 0.258 e. The first-order chi connectivity index (χ1) is 10.6. The number of hydrogen-bond acceptors (Lipinski definition) is 3. The van der Waals surface area contributed by atoms with Gasteiger partial charge in [-0.05, 0) is 36.8 Å². The van der Waals surface area contributed by atoms with Crippen molar-refractivity contribution in [2.45, 2.75) is 13.0 Å². The van der Waals surface area contributed by atoms with Crippen molar-refractivity contribution in [2.24, 2.45) is 0 Å². The maximum atomic E-state index is 11.9. The number of hydrogen-bond donors (Lipinski definition) is 1. The highest BCUT2D eigenvalue weighted by Crippen LogP contribution is 2.17. The predicted molar refractivity (Wildman–Crippen MR) is 84.7 cm³/mol. The van der Waals surface area contributed by atoms with Gasteiger partial charge in [0.2, 0.25) is 0 Å². The molecule has 0 saturated heterocycles. The summed E-state index contributed by atoms with van der Waals surface area (Å²) in [5.74, 6) is 0.148. The molecule has 2 rings (SSSR count). The highest BCUT2D eigenvalue weighted by molar-refractivity contribution is 6.30. The van der Waals surface area contributed by atoms with E-state index in [1.807, 2.05) is 25.1 Å². The molecule has 2 aromatic rings. The van der Waals surface area contributed by atoms with E-state index in [-0.39, 0.29) is 18.6 Å². The summed E-state index contributed by atoms with van der Waals surface area (Å²) in [7, 11) is 0. The minimum Gasteiger partial charge on any atom is -0.482 e. The highest BCUT2D eigenvalue weighted by atomic mass is 35.5. The maximum absolute atomic E-state index is 11.9. The molecule has 1 atom stereocenters. The third-order valence-corrected chi connectivity index (χ3v) is 3.37. The van der Waals surface area contributed by atoms with Crippen molar-refractivity contribution >= 4 is 17.5 Å². The molecule has 0 bridgehead atoms. The van der Waals surface area contributed by atoms with Gasteiger partial charge in [-0.15, -0.1) is 0 Å². The summed E-state index contributed by atoms with van der Waals surface area (Å²) in [5, 5.41) is 12.4. The SMILES string of the molecule is CC(NC(=O)COc1ccccc1C#N)c1ccc(Cl)cc1. The van der Waals surface area contributed by atoms with Crippen LogP contribution in [-0.4, -0.2) is 12.5 Å². The minimum atomic E-state index is -0.254. The quantitative estimate of drug-likeness (QED) is 0.919. The summed E-state index contributed by atoms with van der Waals surface area (Å²) in [5.41, 5.74) is 1.36. The summed E-state index contributed by atoms with van der Waals surface area (Å²) in [6, 6.07) is 15.9. The number of amides is 1. The van der Waals surface area contributed by atoms with Gasteiger partial charge in [0, 0.05) is 5.02 Å². The first-order valence-corrected chi connectivity index (χ1v) is 7.14. The molecule has 0 aliphatic heterocycles. The number of nitriles is 1. The van der Waals surface area contributed by atoms with Gasteiger partial charge in [0.15, 0.2) is 6.61 Å². The lowest BCUT2D eigenvalue weighted by Crippen LogP contribution is -2.31. The molecule has 2 aromatic carbocycles. The zero-order valence-corrected chi connectivity index (χ0v) is 12.8. The van der Waals surface area contributed by atoms with E-state index in [1.54, 1.807) is 36.4 Å². The van der Waals surface area contributed by atoms with Crippen molar-refractivity contribution in [1.29, 1.82) is 5.26 Å². The molecule has 0 aliphatic rings. The standard InChI is InChI=1S/C17H15ClN2O2/c1-12(13-6-8-15(18)9-7-13)20-17(21)11-22-16-5-3-2-4-14(16)10-19/h2-9,12H,11H2,1H3,(H,20,21). The van der Waals surface area contributed by atoms with Gasteiger partial charge in [-0.1, -0.05) is 35.9 Å². The monoisotopic (exact) mass is 314 g/mol. The molecule has 1 unspecified atom stereocenters. The lowest BCUT2D eigenvalue weighted by Gasteiger charge is -2.15. The zero-order valence-electron chi connectivity index (χ0n) is 12.0. The van der Waals surface area contributed by atoms with Gasteiger partial charge >= 0.3 is 0 Å². The Kier molecular flexibility index (Phi) is 5.40. The number of ether oxygens (including phenoxy) is 1. The molecule has 0 fully saturated rings. The first kappa shape index (κ1) is 15.9. The fourth-order valence-corrected chi connectivity index (χ4v) is 2.07. The van der Waals surface area contributed by atoms with Crippen LogP contribution >= 0.6 is 11.6 Å². The van der Waals surface area contributed by atoms with Crippen LogP contribution in [0, 0.1) is 11.3 Å². The molecule has 0 radical (unpaired) electrons. The molecule has 0 saturated carbocycles. The molecule has 112 valence electrons. The van der Waals surface area contributed by atoms with Crippen molar-refractivity contribution in [2.75, 3.05) is 6.61 Å². The van der Waals surface area contributed by atoms with Gasteiger partial charge in [-0.2, -0.15) is 5.26 Å². The second-order valence-electron chi connectivity index (χ2n) is 4.74. The summed E-state index contributed by atoms with van der Waals surface area (Å²) in [4.78, 5) is 11.9. The van der Waals surface area contributed by atoms with E-state index in [1.165, 1.54) is 0 Å². The predicted octanol–water partition coefficient (Wildman–Crippen LogP) is 3.47. The number of carbonyl (C=O) groups excluding carboxylic acids is 1. The lowest BCUT2D eigenvalue weighted by molar-refractivity contribution is -0.123. The highest BCUT2D eigenvalue weighted by Gasteiger charge is 2.11. The molecular formula is C17H15ClN2O2. The number of halogens is 1. The molecule has 5 heteroatoms. The number of nitrogens with one attached hydrogen (secondary N) is 1. The number of nitrogens with zero attached hydrogens (tertiary/aromatic N) is 1. The third kappa shape index (κ3) is 4.24. The Morgan fingerprint density at radius 1 is 1.27 bits per heavy atom. The Balaban J connectivity index is 1.90. The summed E-state index contributed by atoms with van der Waals surface area (Å²) in [6.45, 7) is 1.74. The summed E-state index contributed by atoms with van der Waals surface area (Å²) >= 11 is 5.83. The van der Waals surface area contributed by atoms with Crippen LogP contribution < -0.4 is 10.1 Å². The number of para-hydroxylation sites is 1. The van der Waals surface area contributed by atoms with Crippen LogP contribution in [0.3, 0.4) is 0 Å². The van der Waals surface area contributed by atoms with E-state index in [0.29, 0.717) is 16.3 Å². The fourth-order valence-electron chi connectivity index (χ4n) is 1.95. The Labute approximate surface area is 134 Å². The number of carbonyl (C=O) groups is 1. The average Bonchev–Trinajstić information content (AvgIpc) is 2.53. The molecule has 22 heavy (non-hydrogen) atoms. The molecule has 0 aromatic heterocycles. The Hall–Kier alpha value is -2.51. The van der Waals surface area contributed by atoms with Crippen molar-refractivity contribution < 1.29 is 9.53 Å². The van der Waals surface area contributed by atoms with Gasteiger partial charge in [0.25, 0.3) is 5.91 Å². The Morgan fingerprint density at radius 2 is 1.95 bits per heavy atom. The zero-order chi connectivity index (χ0) is 15.9. The van der Waals surface area contributed by atoms with E-state index < -0.39 is 0 Å². The van der Waals surface area contributed by atoms with Crippen molar-refractivity contribution in [3.05, 3.63) is 64.7 Å². The summed E-state index contributed by atoms with van der Waals surface area (Å²) in [6.07, 6.45) is 0. The van der Waals surface area contributed by atoms with E-state index in [0.717, 1.165) is 5.56 Å². The molecule has 0 heterocycles. The van der Waals surface area contributed by atoms with Crippen LogP contribution in [0.5, 0.6) is 5.75 Å². The van der Waals surface area contributed by atoms with E-state index in [9.17, 15) is 4.79 Å². The van der Waals surface area contributed by atoms with Gasteiger partial charge in [0.05, 0.1) is 11.6 Å². The average molecular weight is 315 g/mol. The number of rotatable bonds is 5. The minimum absolute atomic E-state index is 0.142.